The highest BCUT2D eigenvalue weighted by Gasteiger charge is 2.33. The largest absolute Gasteiger partial charge is 0.478 e. The molecule has 152 valence electrons. The summed E-state index contributed by atoms with van der Waals surface area (Å²) in [5.41, 5.74) is 0.676. The Kier molecular flexibility index (Phi) is 4.97. The molecule has 1 amide bonds. The van der Waals surface area contributed by atoms with Gasteiger partial charge in [-0.3, -0.25) is 9.69 Å². The van der Waals surface area contributed by atoms with Crippen LogP contribution in [0.2, 0.25) is 0 Å². The molecule has 0 atom stereocenters. The molecule has 1 saturated heterocycles. The maximum atomic E-state index is 12.9. The molecular formula is C23H13NO4S3. The van der Waals surface area contributed by atoms with Gasteiger partial charge in [-0.25, -0.2) is 4.79 Å². The Morgan fingerprint density at radius 3 is 2.58 bits per heavy atom. The molecule has 3 heterocycles. The van der Waals surface area contributed by atoms with E-state index >= 15 is 0 Å². The fourth-order valence-corrected chi connectivity index (χ4v) is 5.54. The van der Waals surface area contributed by atoms with Crippen molar-refractivity contribution in [2.24, 2.45) is 0 Å². The number of carbonyl (C=O) groups is 2. The van der Waals surface area contributed by atoms with Gasteiger partial charge in [-0.1, -0.05) is 42.2 Å². The summed E-state index contributed by atoms with van der Waals surface area (Å²) in [6.07, 6.45) is 1.68. The molecule has 1 aliphatic rings. The summed E-state index contributed by atoms with van der Waals surface area (Å²) in [6, 6.07) is 20.0. The standard InChI is InChI=1S/C23H13NO4S3/c25-21-20(31-23(29)24(21)15-7-5-13(6-8-15)22(26)27)12-16-9-10-17(28-16)19-11-14-3-1-2-4-18(14)30-19/h1-12H,(H,26,27)/b20-12+. The van der Waals surface area contributed by atoms with Crippen LogP contribution in [0.5, 0.6) is 0 Å². The molecule has 0 radical (unpaired) electrons. The smallest absolute Gasteiger partial charge is 0.335 e. The molecule has 0 spiro atoms. The number of thioether (sulfide) groups is 1. The first-order valence-corrected chi connectivity index (χ1v) is 11.2. The molecule has 8 heteroatoms. The van der Waals surface area contributed by atoms with E-state index in [0.29, 0.717) is 20.7 Å². The van der Waals surface area contributed by atoms with E-state index < -0.39 is 5.97 Å². The number of carboxylic acid groups (broad SMARTS) is 1. The first-order valence-electron chi connectivity index (χ1n) is 9.20. The number of amides is 1. The molecule has 0 saturated carbocycles. The first kappa shape index (κ1) is 19.7. The highest BCUT2D eigenvalue weighted by atomic mass is 32.2. The van der Waals surface area contributed by atoms with Gasteiger partial charge in [0.15, 0.2) is 4.32 Å². The zero-order chi connectivity index (χ0) is 21.5. The number of nitrogens with zero attached hydrogens (tertiary/aromatic N) is 1. The van der Waals surface area contributed by atoms with Gasteiger partial charge in [0.05, 0.1) is 21.0 Å². The molecular weight excluding hydrogens is 450 g/mol. The Hall–Kier alpha value is -3.20. The normalized spacial score (nSPS) is 15.4. The monoisotopic (exact) mass is 463 g/mol. The van der Waals surface area contributed by atoms with Crippen molar-refractivity contribution >= 4 is 73.4 Å². The van der Waals surface area contributed by atoms with Crippen LogP contribution >= 0.6 is 35.3 Å². The molecule has 0 bridgehead atoms. The summed E-state index contributed by atoms with van der Waals surface area (Å²) in [5.74, 6) is 0.0170. The van der Waals surface area contributed by atoms with Crippen LogP contribution in [-0.2, 0) is 4.79 Å². The molecule has 5 rings (SSSR count). The second kappa shape index (κ2) is 7.81. The summed E-state index contributed by atoms with van der Waals surface area (Å²) in [6.45, 7) is 0. The van der Waals surface area contributed by atoms with E-state index in [9.17, 15) is 9.59 Å². The number of furan rings is 1. The van der Waals surface area contributed by atoms with Crippen LogP contribution in [0, 0.1) is 0 Å². The number of carbonyl (C=O) groups excluding carboxylic acids is 1. The maximum Gasteiger partial charge on any atom is 0.335 e. The van der Waals surface area contributed by atoms with Crippen molar-refractivity contribution < 1.29 is 19.1 Å². The Balaban J connectivity index is 1.40. The zero-order valence-corrected chi connectivity index (χ0v) is 18.2. The maximum absolute atomic E-state index is 12.9. The Morgan fingerprint density at radius 2 is 1.84 bits per heavy atom. The highest BCUT2D eigenvalue weighted by molar-refractivity contribution is 8.27. The minimum atomic E-state index is -1.02. The third-order valence-corrected chi connectivity index (χ3v) is 7.17. The van der Waals surface area contributed by atoms with E-state index in [1.165, 1.54) is 33.5 Å². The summed E-state index contributed by atoms with van der Waals surface area (Å²) < 4.78 is 7.54. The molecule has 4 aromatic rings. The zero-order valence-electron chi connectivity index (χ0n) is 15.8. The van der Waals surface area contributed by atoms with Crippen LogP contribution in [0.15, 0.2) is 76.1 Å². The third kappa shape index (κ3) is 3.69. The lowest BCUT2D eigenvalue weighted by atomic mass is 10.2. The number of anilines is 1. The van der Waals surface area contributed by atoms with E-state index in [-0.39, 0.29) is 11.5 Å². The Labute approximate surface area is 190 Å². The number of carboxylic acids is 1. The molecule has 5 nitrogen and oxygen atoms in total. The van der Waals surface area contributed by atoms with Gasteiger partial charge in [0.2, 0.25) is 0 Å². The Bertz CT molecular complexity index is 1350. The fourth-order valence-electron chi connectivity index (χ4n) is 3.24. The van der Waals surface area contributed by atoms with Crippen LogP contribution in [0.3, 0.4) is 0 Å². The van der Waals surface area contributed by atoms with Crippen molar-refractivity contribution in [3.63, 3.8) is 0 Å². The summed E-state index contributed by atoms with van der Waals surface area (Å²) in [4.78, 5) is 26.8. The fraction of sp³-hybridized carbons (Fsp3) is 0. The lowest BCUT2D eigenvalue weighted by Crippen LogP contribution is -2.27. The van der Waals surface area contributed by atoms with Gasteiger partial charge in [0.25, 0.3) is 5.91 Å². The highest BCUT2D eigenvalue weighted by Crippen LogP contribution is 2.38. The molecule has 1 aliphatic heterocycles. The number of aromatic carboxylic acids is 1. The van der Waals surface area contributed by atoms with E-state index in [2.05, 4.69) is 18.2 Å². The first-order chi connectivity index (χ1) is 15.0. The van der Waals surface area contributed by atoms with Gasteiger partial charge in [-0.05, 0) is 53.9 Å². The number of rotatable bonds is 4. The number of fused-ring (bicyclic) bond motifs is 1. The van der Waals surface area contributed by atoms with Gasteiger partial charge in [0.1, 0.15) is 11.5 Å². The van der Waals surface area contributed by atoms with E-state index in [1.54, 1.807) is 29.5 Å². The number of hydrogen-bond donors (Lipinski definition) is 1. The van der Waals surface area contributed by atoms with Crippen molar-refractivity contribution in [2.75, 3.05) is 4.90 Å². The predicted octanol–water partition coefficient (Wildman–Crippen LogP) is 6.27. The van der Waals surface area contributed by atoms with Crippen LogP contribution in [0.25, 0.3) is 26.8 Å². The average molecular weight is 464 g/mol. The van der Waals surface area contributed by atoms with Crippen molar-refractivity contribution in [3.8, 4) is 10.6 Å². The average Bonchev–Trinajstić information content (AvgIpc) is 3.46. The molecule has 31 heavy (non-hydrogen) atoms. The topological polar surface area (TPSA) is 70.8 Å². The second-order valence-electron chi connectivity index (χ2n) is 6.72. The number of thiocarbonyl (C=S) groups is 1. The van der Waals surface area contributed by atoms with Gasteiger partial charge < -0.3 is 9.52 Å². The lowest BCUT2D eigenvalue weighted by Gasteiger charge is -2.14. The van der Waals surface area contributed by atoms with Crippen LogP contribution in [0.4, 0.5) is 5.69 Å². The van der Waals surface area contributed by atoms with Gasteiger partial charge in [-0.15, -0.1) is 11.3 Å². The van der Waals surface area contributed by atoms with Gasteiger partial charge in [0, 0.05) is 10.8 Å². The van der Waals surface area contributed by atoms with Crippen molar-refractivity contribution in [1.29, 1.82) is 0 Å². The summed E-state index contributed by atoms with van der Waals surface area (Å²) in [7, 11) is 0. The van der Waals surface area contributed by atoms with Crippen molar-refractivity contribution in [1.82, 2.24) is 0 Å². The van der Waals surface area contributed by atoms with Crippen LogP contribution < -0.4 is 4.90 Å². The number of benzene rings is 2. The van der Waals surface area contributed by atoms with E-state index in [1.807, 2.05) is 24.3 Å². The second-order valence-corrected chi connectivity index (χ2v) is 9.48. The minimum absolute atomic E-state index is 0.147. The molecule has 0 aliphatic carbocycles. The quantitative estimate of drug-likeness (QED) is 0.284. The molecule has 2 aromatic heterocycles. The summed E-state index contributed by atoms with van der Waals surface area (Å²) >= 11 is 8.21. The molecule has 1 fully saturated rings. The lowest BCUT2D eigenvalue weighted by molar-refractivity contribution is -0.113. The van der Waals surface area contributed by atoms with Crippen LogP contribution in [0.1, 0.15) is 16.1 Å². The van der Waals surface area contributed by atoms with E-state index in [0.717, 1.165) is 16.0 Å². The molecule has 0 unspecified atom stereocenters. The van der Waals surface area contributed by atoms with Gasteiger partial charge >= 0.3 is 5.97 Å². The molecule has 2 aromatic carbocycles. The Morgan fingerprint density at radius 1 is 1.06 bits per heavy atom. The van der Waals surface area contributed by atoms with Crippen LogP contribution in [-0.4, -0.2) is 21.3 Å². The van der Waals surface area contributed by atoms with Crippen molar-refractivity contribution in [3.05, 3.63) is 83.0 Å². The minimum Gasteiger partial charge on any atom is -0.478 e. The predicted molar refractivity (Wildman–Crippen MR) is 129 cm³/mol. The summed E-state index contributed by atoms with van der Waals surface area (Å²) in [5, 5.41) is 10.2. The van der Waals surface area contributed by atoms with Crippen molar-refractivity contribution in [2.45, 2.75) is 0 Å². The third-order valence-electron chi connectivity index (χ3n) is 4.73. The van der Waals surface area contributed by atoms with E-state index in [4.69, 9.17) is 21.7 Å². The van der Waals surface area contributed by atoms with Gasteiger partial charge in [-0.2, -0.15) is 0 Å². The SMILES string of the molecule is O=C(O)c1ccc(N2C(=O)/C(=C\c3ccc(-c4cc5ccccc5s4)o3)SC2=S)cc1. The number of hydrogen-bond acceptors (Lipinski definition) is 6. The number of thiophene rings is 1. The molecule has 1 N–H and O–H groups in total.